The van der Waals surface area contributed by atoms with Gasteiger partial charge in [-0.25, -0.2) is 4.98 Å². The molecule has 1 aromatic heterocycles. The van der Waals surface area contributed by atoms with Gasteiger partial charge in [-0.1, -0.05) is 12.1 Å². The fourth-order valence-electron chi connectivity index (χ4n) is 1.91. The lowest BCUT2D eigenvalue weighted by Gasteiger charge is -2.12. The Morgan fingerprint density at radius 1 is 1.21 bits per heavy atom. The number of benzene rings is 1. The molecule has 2 aromatic rings. The smallest absolute Gasteiger partial charge is 0.165 e. The molecule has 0 amide bonds. The Balaban J connectivity index is 1.99. The summed E-state index contributed by atoms with van der Waals surface area (Å²) in [5.74, 6) is 1.54. The van der Waals surface area contributed by atoms with Crippen LogP contribution in [0.4, 0.5) is 0 Å². The van der Waals surface area contributed by atoms with E-state index in [1.165, 1.54) is 0 Å². The molecule has 0 fully saturated rings. The van der Waals surface area contributed by atoms with Crippen molar-refractivity contribution in [2.75, 3.05) is 14.2 Å². The fraction of sp³-hybridized carbons (Fsp3) is 0.357. The van der Waals surface area contributed by atoms with Crippen LogP contribution in [0.25, 0.3) is 0 Å². The molecule has 0 atom stereocenters. The zero-order chi connectivity index (χ0) is 13.7. The number of ether oxygens (including phenoxy) is 2. The van der Waals surface area contributed by atoms with Crippen LogP contribution >= 0.6 is 11.3 Å². The number of para-hydroxylation sites is 1. The van der Waals surface area contributed by atoms with Gasteiger partial charge in [-0.15, -0.1) is 11.3 Å². The Kier molecular flexibility index (Phi) is 4.76. The lowest BCUT2D eigenvalue weighted by molar-refractivity contribution is 0.350. The number of thiazole rings is 1. The van der Waals surface area contributed by atoms with E-state index >= 15 is 0 Å². The zero-order valence-electron chi connectivity index (χ0n) is 11.4. The van der Waals surface area contributed by atoms with Gasteiger partial charge >= 0.3 is 0 Å². The van der Waals surface area contributed by atoms with Crippen molar-refractivity contribution >= 4 is 11.3 Å². The number of aromatic nitrogens is 1. The average molecular weight is 278 g/mol. The summed E-state index contributed by atoms with van der Waals surface area (Å²) in [5.41, 5.74) is 2.15. The minimum Gasteiger partial charge on any atom is -0.493 e. The van der Waals surface area contributed by atoms with E-state index in [2.05, 4.69) is 15.7 Å². The third-order valence-electron chi connectivity index (χ3n) is 2.77. The van der Waals surface area contributed by atoms with E-state index in [1.54, 1.807) is 25.6 Å². The molecule has 0 bridgehead atoms. The van der Waals surface area contributed by atoms with Crippen LogP contribution in [-0.4, -0.2) is 19.2 Å². The molecule has 19 heavy (non-hydrogen) atoms. The molecule has 1 heterocycles. The molecule has 5 heteroatoms. The molecule has 102 valence electrons. The monoisotopic (exact) mass is 278 g/mol. The highest BCUT2D eigenvalue weighted by molar-refractivity contribution is 7.09. The van der Waals surface area contributed by atoms with Gasteiger partial charge in [0.1, 0.15) is 0 Å². The molecule has 4 nitrogen and oxygen atoms in total. The molecule has 0 saturated heterocycles. The van der Waals surface area contributed by atoms with Gasteiger partial charge in [-0.2, -0.15) is 0 Å². The molecular weight excluding hydrogens is 260 g/mol. The lowest BCUT2D eigenvalue weighted by atomic mass is 10.2. The van der Waals surface area contributed by atoms with Crippen molar-refractivity contribution in [3.63, 3.8) is 0 Å². The first-order chi connectivity index (χ1) is 9.24. The van der Waals surface area contributed by atoms with Crippen molar-refractivity contribution in [3.05, 3.63) is 39.8 Å². The molecule has 0 saturated carbocycles. The number of methoxy groups -OCH3 is 2. The maximum absolute atomic E-state index is 5.40. The summed E-state index contributed by atoms with van der Waals surface area (Å²) in [6.45, 7) is 3.49. The van der Waals surface area contributed by atoms with E-state index in [0.717, 1.165) is 40.9 Å². The maximum Gasteiger partial charge on any atom is 0.165 e. The summed E-state index contributed by atoms with van der Waals surface area (Å²) in [7, 11) is 3.30. The molecule has 0 radical (unpaired) electrons. The molecule has 0 spiro atoms. The number of nitrogens with zero attached hydrogens (tertiary/aromatic N) is 1. The van der Waals surface area contributed by atoms with Crippen LogP contribution in [0.1, 0.15) is 16.3 Å². The maximum atomic E-state index is 5.40. The Morgan fingerprint density at radius 2 is 2.05 bits per heavy atom. The van der Waals surface area contributed by atoms with Crippen molar-refractivity contribution in [2.24, 2.45) is 0 Å². The topological polar surface area (TPSA) is 43.4 Å². The summed E-state index contributed by atoms with van der Waals surface area (Å²) >= 11 is 1.67. The molecule has 2 rings (SSSR count). The number of hydrogen-bond acceptors (Lipinski definition) is 5. The average Bonchev–Trinajstić information content (AvgIpc) is 2.84. The largest absolute Gasteiger partial charge is 0.493 e. The fourth-order valence-corrected chi connectivity index (χ4v) is 2.52. The minimum atomic E-state index is 0.719. The van der Waals surface area contributed by atoms with Gasteiger partial charge in [0, 0.05) is 24.0 Å². The van der Waals surface area contributed by atoms with Crippen LogP contribution in [0, 0.1) is 6.92 Å². The second-order valence-corrected chi connectivity index (χ2v) is 5.18. The molecule has 0 aliphatic heterocycles. The van der Waals surface area contributed by atoms with Gasteiger partial charge in [0.15, 0.2) is 11.5 Å². The summed E-state index contributed by atoms with van der Waals surface area (Å²) in [6.07, 6.45) is 0. The molecule has 0 aliphatic carbocycles. The van der Waals surface area contributed by atoms with Gasteiger partial charge in [0.05, 0.1) is 24.9 Å². The first-order valence-corrected chi connectivity index (χ1v) is 6.94. The Labute approximate surface area is 117 Å². The number of aryl methyl sites for hydroxylation is 1. The van der Waals surface area contributed by atoms with E-state index in [-0.39, 0.29) is 0 Å². The second kappa shape index (κ2) is 6.54. The highest BCUT2D eigenvalue weighted by Crippen LogP contribution is 2.30. The van der Waals surface area contributed by atoms with E-state index in [4.69, 9.17) is 9.47 Å². The third-order valence-corrected chi connectivity index (χ3v) is 3.59. The van der Waals surface area contributed by atoms with Crippen molar-refractivity contribution in [2.45, 2.75) is 20.0 Å². The SMILES string of the molecule is COc1cccc(CNCc2csc(C)n2)c1OC. The first-order valence-electron chi connectivity index (χ1n) is 6.06. The predicted molar refractivity (Wildman–Crippen MR) is 76.9 cm³/mol. The van der Waals surface area contributed by atoms with Crippen LogP contribution in [-0.2, 0) is 13.1 Å². The van der Waals surface area contributed by atoms with Crippen LogP contribution in [0.15, 0.2) is 23.6 Å². The van der Waals surface area contributed by atoms with Crippen molar-refractivity contribution < 1.29 is 9.47 Å². The van der Waals surface area contributed by atoms with Crippen LogP contribution in [0.2, 0.25) is 0 Å². The van der Waals surface area contributed by atoms with Crippen molar-refractivity contribution in [1.29, 1.82) is 0 Å². The van der Waals surface area contributed by atoms with E-state index < -0.39 is 0 Å². The molecule has 0 aliphatic rings. The molecule has 0 unspecified atom stereocenters. The highest BCUT2D eigenvalue weighted by atomic mass is 32.1. The van der Waals surface area contributed by atoms with Crippen LogP contribution < -0.4 is 14.8 Å². The number of rotatable bonds is 6. The Hall–Kier alpha value is -1.59. The number of nitrogens with one attached hydrogen (secondary N) is 1. The van der Waals surface area contributed by atoms with Gasteiger partial charge in [0.2, 0.25) is 0 Å². The van der Waals surface area contributed by atoms with Crippen LogP contribution in [0.5, 0.6) is 11.5 Å². The summed E-state index contributed by atoms with van der Waals surface area (Å²) in [5, 5.41) is 6.53. The van der Waals surface area contributed by atoms with Crippen molar-refractivity contribution in [3.8, 4) is 11.5 Å². The molecular formula is C14H18N2O2S. The quantitative estimate of drug-likeness (QED) is 0.882. The Bertz CT molecular complexity index is 540. The van der Waals surface area contributed by atoms with E-state index in [1.807, 2.05) is 25.1 Å². The van der Waals surface area contributed by atoms with Crippen LogP contribution in [0.3, 0.4) is 0 Å². The highest BCUT2D eigenvalue weighted by Gasteiger charge is 2.08. The normalized spacial score (nSPS) is 10.5. The second-order valence-electron chi connectivity index (χ2n) is 4.11. The standard InChI is InChI=1S/C14H18N2O2S/c1-10-16-12(9-19-10)8-15-7-11-5-4-6-13(17-2)14(11)18-3/h4-6,9,15H,7-8H2,1-3H3. The number of hydrogen-bond donors (Lipinski definition) is 1. The zero-order valence-corrected chi connectivity index (χ0v) is 12.2. The van der Waals surface area contributed by atoms with Gasteiger partial charge < -0.3 is 14.8 Å². The Morgan fingerprint density at radius 3 is 2.68 bits per heavy atom. The first kappa shape index (κ1) is 13.8. The van der Waals surface area contributed by atoms with Crippen molar-refractivity contribution in [1.82, 2.24) is 10.3 Å². The van der Waals surface area contributed by atoms with E-state index in [9.17, 15) is 0 Å². The summed E-state index contributed by atoms with van der Waals surface area (Å²) in [4.78, 5) is 4.42. The molecule has 1 aromatic carbocycles. The lowest BCUT2D eigenvalue weighted by Crippen LogP contribution is -2.13. The predicted octanol–water partition coefficient (Wildman–Crippen LogP) is 2.76. The van der Waals surface area contributed by atoms with Gasteiger partial charge in [0.25, 0.3) is 0 Å². The van der Waals surface area contributed by atoms with Gasteiger partial charge in [-0.05, 0) is 13.0 Å². The third kappa shape index (κ3) is 3.45. The van der Waals surface area contributed by atoms with E-state index in [0.29, 0.717) is 0 Å². The van der Waals surface area contributed by atoms with Gasteiger partial charge in [-0.3, -0.25) is 0 Å². The molecule has 1 N–H and O–H groups in total. The minimum absolute atomic E-state index is 0.719. The summed E-state index contributed by atoms with van der Waals surface area (Å²) in [6, 6.07) is 5.89. The summed E-state index contributed by atoms with van der Waals surface area (Å²) < 4.78 is 10.7.